The van der Waals surface area contributed by atoms with Crippen molar-refractivity contribution in [1.82, 2.24) is 10.2 Å². The Morgan fingerprint density at radius 3 is 2.83 bits per heavy atom. The zero-order chi connectivity index (χ0) is 16.7. The van der Waals surface area contributed by atoms with Gasteiger partial charge in [-0.15, -0.1) is 11.3 Å². The summed E-state index contributed by atoms with van der Waals surface area (Å²) < 4.78 is 0. The normalized spacial score (nSPS) is 17.7. The number of hydrogen-bond donors (Lipinski definition) is 2. The Labute approximate surface area is 139 Å². The van der Waals surface area contributed by atoms with Crippen LogP contribution >= 0.6 is 11.3 Å². The molecular formula is C16H22N2O4S. The maximum absolute atomic E-state index is 12.4. The third kappa shape index (κ3) is 5.35. The van der Waals surface area contributed by atoms with Gasteiger partial charge in [0, 0.05) is 32.0 Å². The number of carbonyl (C=O) groups is 3. The first-order valence-electron chi connectivity index (χ1n) is 7.91. The van der Waals surface area contributed by atoms with Gasteiger partial charge in [0.15, 0.2) is 0 Å². The van der Waals surface area contributed by atoms with E-state index in [9.17, 15) is 14.4 Å². The van der Waals surface area contributed by atoms with Crippen molar-refractivity contribution >= 4 is 29.1 Å². The fraction of sp³-hybridized carbons (Fsp3) is 0.562. The second-order valence-corrected chi connectivity index (χ2v) is 6.60. The number of nitrogens with zero attached hydrogens (tertiary/aromatic N) is 1. The van der Waals surface area contributed by atoms with E-state index in [-0.39, 0.29) is 30.7 Å². The molecule has 0 saturated carbocycles. The van der Waals surface area contributed by atoms with Crippen LogP contribution in [0.4, 0.5) is 0 Å². The van der Waals surface area contributed by atoms with Crippen molar-refractivity contribution in [2.24, 2.45) is 0 Å². The minimum atomic E-state index is -0.828. The molecule has 23 heavy (non-hydrogen) atoms. The van der Waals surface area contributed by atoms with Gasteiger partial charge in [-0.05, 0) is 37.1 Å². The van der Waals surface area contributed by atoms with Gasteiger partial charge in [-0.25, -0.2) is 0 Å². The number of aliphatic carboxylic acids is 1. The van der Waals surface area contributed by atoms with Gasteiger partial charge in [0.2, 0.25) is 5.91 Å². The number of hydrogen-bond acceptors (Lipinski definition) is 4. The fourth-order valence-corrected chi connectivity index (χ4v) is 3.48. The highest BCUT2D eigenvalue weighted by atomic mass is 32.1. The molecular weight excluding hydrogens is 316 g/mol. The van der Waals surface area contributed by atoms with E-state index in [2.05, 4.69) is 5.32 Å². The molecule has 0 spiro atoms. The zero-order valence-corrected chi connectivity index (χ0v) is 13.8. The van der Waals surface area contributed by atoms with E-state index in [4.69, 9.17) is 5.11 Å². The Hall–Kier alpha value is -1.89. The lowest BCUT2D eigenvalue weighted by molar-refractivity contribution is -0.140. The molecule has 1 atom stereocenters. The van der Waals surface area contributed by atoms with E-state index in [1.807, 2.05) is 11.4 Å². The summed E-state index contributed by atoms with van der Waals surface area (Å²) in [6.07, 6.45) is 3.69. The maximum atomic E-state index is 12.4. The highest BCUT2D eigenvalue weighted by Crippen LogP contribution is 2.21. The fourth-order valence-electron chi connectivity index (χ4n) is 2.84. The van der Waals surface area contributed by atoms with Crippen LogP contribution in [0.25, 0.3) is 0 Å². The number of carbonyl (C=O) groups excluding carboxylic acids is 2. The molecule has 1 saturated heterocycles. The van der Waals surface area contributed by atoms with Crippen molar-refractivity contribution in [2.45, 2.75) is 44.6 Å². The molecule has 6 nitrogen and oxygen atoms in total. The average Bonchev–Trinajstić information content (AvgIpc) is 3.07. The Bertz CT molecular complexity index is 544. The van der Waals surface area contributed by atoms with Gasteiger partial charge in [0.05, 0.1) is 4.88 Å². The van der Waals surface area contributed by atoms with Gasteiger partial charge in [-0.3, -0.25) is 14.4 Å². The SMILES string of the molecule is O=C(O)CCC1CCCCN1C(=O)CCNC(=O)c1cccs1. The molecule has 7 heteroatoms. The Morgan fingerprint density at radius 1 is 1.30 bits per heavy atom. The summed E-state index contributed by atoms with van der Waals surface area (Å²) in [5.74, 6) is -0.994. The zero-order valence-electron chi connectivity index (χ0n) is 13.0. The van der Waals surface area contributed by atoms with E-state index in [1.165, 1.54) is 11.3 Å². The number of amides is 2. The van der Waals surface area contributed by atoms with Crippen molar-refractivity contribution in [2.75, 3.05) is 13.1 Å². The van der Waals surface area contributed by atoms with Crippen LogP contribution in [0.1, 0.15) is 48.2 Å². The smallest absolute Gasteiger partial charge is 0.303 e. The first-order valence-corrected chi connectivity index (χ1v) is 8.79. The molecule has 1 aromatic heterocycles. The predicted octanol–water partition coefficient (Wildman–Crippen LogP) is 2.11. The largest absolute Gasteiger partial charge is 0.481 e. The number of thiophene rings is 1. The van der Waals surface area contributed by atoms with Crippen LogP contribution in [0.15, 0.2) is 17.5 Å². The monoisotopic (exact) mass is 338 g/mol. The van der Waals surface area contributed by atoms with Crippen LogP contribution < -0.4 is 5.32 Å². The van der Waals surface area contributed by atoms with E-state index in [1.54, 1.807) is 11.0 Å². The summed E-state index contributed by atoms with van der Waals surface area (Å²) in [5.41, 5.74) is 0. The number of piperidine rings is 1. The minimum absolute atomic E-state index is 0.00781. The number of nitrogens with one attached hydrogen (secondary N) is 1. The Kier molecular flexibility index (Phi) is 6.58. The van der Waals surface area contributed by atoms with Crippen LogP contribution in [0.3, 0.4) is 0 Å². The van der Waals surface area contributed by atoms with Crippen molar-refractivity contribution < 1.29 is 19.5 Å². The Balaban J connectivity index is 1.78. The van der Waals surface area contributed by atoms with Crippen molar-refractivity contribution in [3.8, 4) is 0 Å². The van der Waals surface area contributed by atoms with Crippen LogP contribution in [-0.2, 0) is 9.59 Å². The third-order valence-electron chi connectivity index (χ3n) is 4.01. The van der Waals surface area contributed by atoms with E-state index < -0.39 is 5.97 Å². The molecule has 1 aliphatic rings. The van der Waals surface area contributed by atoms with E-state index >= 15 is 0 Å². The molecule has 1 aliphatic heterocycles. The summed E-state index contributed by atoms with van der Waals surface area (Å²) in [5, 5.41) is 13.4. The lowest BCUT2D eigenvalue weighted by Gasteiger charge is -2.35. The first kappa shape index (κ1) is 17.5. The molecule has 2 rings (SSSR count). The second kappa shape index (κ2) is 8.67. The summed E-state index contributed by atoms with van der Waals surface area (Å²) >= 11 is 1.36. The topological polar surface area (TPSA) is 86.7 Å². The van der Waals surface area contributed by atoms with Crippen LogP contribution in [0, 0.1) is 0 Å². The van der Waals surface area contributed by atoms with Crippen LogP contribution in [0.5, 0.6) is 0 Å². The highest BCUT2D eigenvalue weighted by Gasteiger charge is 2.26. The molecule has 0 aromatic carbocycles. The molecule has 1 unspecified atom stereocenters. The van der Waals surface area contributed by atoms with Gasteiger partial charge < -0.3 is 15.3 Å². The molecule has 1 aromatic rings. The summed E-state index contributed by atoms with van der Waals surface area (Å²) in [6, 6.07) is 3.57. The molecule has 2 amide bonds. The first-order chi connectivity index (χ1) is 11.1. The Morgan fingerprint density at radius 2 is 2.13 bits per heavy atom. The lowest BCUT2D eigenvalue weighted by Crippen LogP contribution is -2.45. The van der Waals surface area contributed by atoms with Crippen LogP contribution in [0.2, 0.25) is 0 Å². The van der Waals surface area contributed by atoms with Gasteiger partial charge >= 0.3 is 5.97 Å². The highest BCUT2D eigenvalue weighted by molar-refractivity contribution is 7.12. The standard InChI is InChI=1S/C16H22N2O4S/c19-14(8-9-17-16(22)13-5-3-11-23-13)18-10-2-1-4-12(18)6-7-15(20)21/h3,5,11-12H,1-2,4,6-10H2,(H,17,22)(H,20,21). The van der Waals surface area contributed by atoms with Gasteiger partial charge in [0.1, 0.15) is 0 Å². The number of likely N-dealkylation sites (tertiary alicyclic amines) is 1. The molecule has 0 bridgehead atoms. The van der Waals surface area contributed by atoms with Gasteiger partial charge in [-0.1, -0.05) is 6.07 Å². The summed E-state index contributed by atoms with van der Waals surface area (Å²) in [7, 11) is 0. The molecule has 1 fully saturated rings. The van der Waals surface area contributed by atoms with Gasteiger partial charge in [0.25, 0.3) is 5.91 Å². The minimum Gasteiger partial charge on any atom is -0.481 e. The maximum Gasteiger partial charge on any atom is 0.303 e. The van der Waals surface area contributed by atoms with Crippen molar-refractivity contribution in [3.63, 3.8) is 0 Å². The number of rotatable bonds is 7. The quantitative estimate of drug-likeness (QED) is 0.797. The molecule has 0 radical (unpaired) electrons. The number of carboxylic acid groups (broad SMARTS) is 1. The lowest BCUT2D eigenvalue weighted by atomic mass is 9.97. The summed E-state index contributed by atoms with van der Waals surface area (Å²) in [6.45, 7) is 0.986. The molecule has 0 aliphatic carbocycles. The van der Waals surface area contributed by atoms with Crippen molar-refractivity contribution in [3.05, 3.63) is 22.4 Å². The average molecular weight is 338 g/mol. The van der Waals surface area contributed by atoms with E-state index in [0.29, 0.717) is 24.4 Å². The molecule has 126 valence electrons. The van der Waals surface area contributed by atoms with E-state index in [0.717, 1.165) is 19.3 Å². The van der Waals surface area contributed by atoms with Gasteiger partial charge in [-0.2, -0.15) is 0 Å². The molecule has 2 heterocycles. The van der Waals surface area contributed by atoms with Crippen molar-refractivity contribution in [1.29, 1.82) is 0 Å². The molecule has 2 N–H and O–H groups in total. The second-order valence-electron chi connectivity index (χ2n) is 5.65. The predicted molar refractivity (Wildman–Crippen MR) is 87.5 cm³/mol. The third-order valence-corrected chi connectivity index (χ3v) is 4.88. The summed E-state index contributed by atoms with van der Waals surface area (Å²) in [4.78, 5) is 37.3. The van der Waals surface area contributed by atoms with Crippen LogP contribution in [-0.4, -0.2) is 46.9 Å². The number of carboxylic acids is 1.